The van der Waals surface area contributed by atoms with E-state index >= 15 is 0 Å². The highest BCUT2D eigenvalue weighted by Gasteiger charge is 2.27. The average Bonchev–Trinajstić information content (AvgIpc) is 3.31. The van der Waals surface area contributed by atoms with Gasteiger partial charge in [0.25, 0.3) is 0 Å². The second-order valence-corrected chi connectivity index (χ2v) is 6.85. The molecule has 1 aliphatic carbocycles. The molecule has 0 saturated heterocycles. The SMILES string of the molecule is C=CCNC(=NC)NCc1ccc(S(=O)(=O)NC2CC2)cc1.I. The van der Waals surface area contributed by atoms with Crippen LogP contribution >= 0.6 is 24.0 Å². The number of aliphatic imine (C=N–C) groups is 1. The van der Waals surface area contributed by atoms with Crippen LogP contribution in [0.25, 0.3) is 0 Å². The first-order valence-electron chi connectivity index (χ1n) is 7.22. The number of nitrogens with zero attached hydrogens (tertiary/aromatic N) is 1. The summed E-state index contributed by atoms with van der Waals surface area (Å²) in [5.74, 6) is 0.673. The minimum Gasteiger partial charge on any atom is -0.353 e. The summed E-state index contributed by atoms with van der Waals surface area (Å²) in [4.78, 5) is 4.38. The molecule has 0 atom stereocenters. The second kappa shape index (κ2) is 9.24. The molecule has 0 heterocycles. The molecule has 128 valence electrons. The van der Waals surface area contributed by atoms with Crippen molar-refractivity contribution in [2.24, 2.45) is 4.99 Å². The fraction of sp³-hybridized carbons (Fsp3) is 0.400. The quantitative estimate of drug-likeness (QED) is 0.255. The third kappa shape index (κ3) is 6.48. The molecule has 0 aromatic heterocycles. The Balaban J connectivity index is 0.00000264. The lowest BCUT2D eigenvalue weighted by molar-refractivity contribution is 0.581. The number of hydrogen-bond acceptors (Lipinski definition) is 3. The van der Waals surface area contributed by atoms with Crippen molar-refractivity contribution < 1.29 is 8.42 Å². The van der Waals surface area contributed by atoms with Gasteiger partial charge in [-0.25, -0.2) is 13.1 Å². The molecule has 8 heteroatoms. The Morgan fingerprint density at radius 2 is 1.96 bits per heavy atom. The van der Waals surface area contributed by atoms with Gasteiger partial charge in [0.1, 0.15) is 0 Å². The fourth-order valence-corrected chi connectivity index (χ4v) is 3.16. The zero-order chi connectivity index (χ0) is 16.0. The molecule has 1 aliphatic rings. The molecule has 2 rings (SSSR count). The minimum atomic E-state index is -3.38. The van der Waals surface area contributed by atoms with Crippen LogP contribution in [0.15, 0.2) is 46.8 Å². The summed E-state index contributed by atoms with van der Waals surface area (Å²) in [6.45, 7) is 4.83. The smallest absolute Gasteiger partial charge is 0.240 e. The summed E-state index contributed by atoms with van der Waals surface area (Å²) in [5.41, 5.74) is 0.979. The molecule has 23 heavy (non-hydrogen) atoms. The Kier molecular flexibility index (Phi) is 8.00. The first-order valence-corrected chi connectivity index (χ1v) is 8.70. The van der Waals surface area contributed by atoms with Gasteiger partial charge in [-0.05, 0) is 30.5 Å². The summed E-state index contributed by atoms with van der Waals surface area (Å²) in [5, 5.41) is 6.22. The van der Waals surface area contributed by atoms with Crippen molar-refractivity contribution in [2.75, 3.05) is 13.6 Å². The zero-order valence-corrected chi connectivity index (χ0v) is 16.2. The summed E-state index contributed by atoms with van der Waals surface area (Å²) in [6, 6.07) is 6.97. The van der Waals surface area contributed by atoms with E-state index in [-0.39, 0.29) is 30.0 Å². The summed E-state index contributed by atoms with van der Waals surface area (Å²) >= 11 is 0. The Bertz CT molecular complexity index is 640. The second-order valence-electron chi connectivity index (χ2n) is 5.13. The Labute approximate surface area is 154 Å². The van der Waals surface area contributed by atoms with E-state index in [2.05, 4.69) is 26.9 Å². The van der Waals surface area contributed by atoms with Crippen LogP contribution in [0, 0.1) is 0 Å². The number of hydrogen-bond donors (Lipinski definition) is 3. The van der Waals surface area contributed by atoms with Gasteiger partial charge in [-0.2, -0.15) is 0 Å². The molecule has 0 unspecified atom stereocenters. The van der Waals surface area contributed by atoms with Crippen molar-refractivity contribution in [1.29, 1.82) is 0 Å². The first-order chi connectivity index (χ1) is 10.5. The molecular weight excluding hydrogens is 427 g/mol. The van der Waals surface area contributed by atoms with Crippen LogP contribution in [0.5, 0.6) is 0 Å². The molecule has 3 N–H and O–H groups in total. The van der Waals surface area contributed by atoms with Crippen LogP contribution in [0.3, 0.4) is 0 Å². The zero-order valence-electron chi connectivity index (χ0n) is 13.1. The van der Waals surface area contributed by atoms with Crippen molar-refractivity contribution in [2.45, 2.75) is 30.3 Å². The molecule has 1 aromatic rings. The summed E-state index contributed by atoms with van der Waals surface area (Å²) in [6.07, 6.45) is 3.61. The molecule has 6 nitrogen and oxygen atoms in total. The highest BCUT2D eigenvalue weighted by atomic mass is 127. The molecule has 0 bridgehead atoms. The van der Waals surface area contributed by atoms with E-state index < -0.39 is 10.0 Å². The Morgan fingerprint density at radius 3 is 2.48 bits per heavy atom. The molecular formula is C15H23IN4O2S. The Morgan fingerprint density at radius 1 is 1.30 bits per heavy atom. The van der Waals surface area contributed by atoms with E-state index in [4.69, 9.17) is 0 Å². The topological polar surface area (TPSA) is 82.6 Å². The summed E-state index contributed by atoms with van der Waals surface area (Å²) in [7, 11) is -1.69. The minimum absolute atomic E-state index is 0. The van der Waals surface area contributed by atoms with Crippen LogP contribution in [0.1, 0.15) is 18.4 Å². The van der Waals surface area contributed by atoms with Gasteiger partial charge in [-0.15, -0.1) is 30.6 Å². The van der Waals surface area contributed by atoms with Crippen LogP contribution in [0.2, 0.25) is 0 Å². The van der Waals surface area contributed by atoms with Crippen molar-refractivity contribution >= 4 is 40.0 Å². The third-order valence-electron chi connectivity index (χ3n) is 3.23. The lowest BCUT2D eigenvalue weighted by atomic mass is 10.2. The maximum atomic E-state index is 12.1. The maximum Gasteiger partial charge on any atom is 0.240 e. The van der Waals surface area contributed by atoms with Gasteiger partial charge in [-0.3, -0.25) is 4.99 Å². The standard InChI is InChI=1S/C15H22N4O2S.HI/c1-3-10-17-15(16-2)18-11-12-4-8-14(9-5-12)22(20,21)19-13-6-7-13;/h3-5,8-9,13,19H,1,6-7,10-11H2,2H3,(H2,16,17,18);1H. The Hall–Kier alpha value is -1.13. The number of sulfonamides is 1. The van der Waals surface area contributed by atoms with E-state index in [1.165, 1.54) is 0 Å². The van der Waals surface area contributed by atoms with Crippen molar-refractivity contribution in [3.8, 4) is 0 Å². The van der Waals surface area contributed by atoms with Crippen LogP contribution in [-0.2, 0) is 16.6 Å². The number of guanidine groups is 1. The van der Waals surface area contributed by atoms with Gasteiger partial charge in [0, 0.05) is 26.2 Å². The number of nitrogens with one attached hydrogen (secondary N) is 3. The van der Waals surface area contributed by atoms with Gasteiger partial charge in [0.05, 0.1) is 4.90 Å². The third-order valence-corrected chi connectivity index (χ3v) is 4.77. The van der Waals surface area contributed by atoms with E-state index in [1.807, 2.05) is 0 Å². The van der Waals surface area contributed by atoms with Gasteiger partial charge in [0.15, 0.2) is 5.96 Å². The van der Waals surface area contributed by atoms with Gasteiger partial charge in [-0.1, -0.05) is 18.2 Å². The lowest BCUT2D eigenvalue weighted by Gasteiger charge is -2.11. The van der Waals surface area contributed by atoms with E-state index in [0.717, 1.165) is 18.4 Å². The highest BCUT2D eigenvalue weighted by molar-refractivity contribution is 14.0. The van der Waals surface area contributed by atoms with Crippen molar-refractivity contribution in [3.63, 3.8) is 0 Å². The van der Waals surface area contributed by atoms with Crippen molar-refractivity contribution in [1.82, 2.24) is 15.4 Å². The predicted octanol–water partition coefficient (Wildman–Crippen LogP) is 1.60. The van der Waals surface area contributed by atoms with Gasteiger partial charge >= 0.3 is 0 Å². The van der Waals surface area contributed by atoms with E-state index in [0.29, 0.717) is 23.9 Å². The molecule has 0 aliphatic heterocycles. The van der Waals surface area contributed by atoms with Gasteiger partial charge < -0.3 is 10.6 Å². The number of benzene rings is 1. The van der Waals surface area contributed by atoms with Crippen LogP contribution in [0.4, 0.5) is 0 Å². The first kappa shape index (κ1) is 19.9. The lowest BCUT2D eigenvalue weighted by Crippen LogP contribution is -2.36. The van der Waals surface area contributed by atoms with E-state index in [9.17, 15) is 8.42 Å². The average molecular weight is 450 g/mol. The maximum absolute atomic E-state index is 12.1. The van der Waals surface area contributed by atoms with Crippen molar-refractivity contribution in [3.05, 3.63) is 42.5 Å². The van der Waals surface area contributed by atoms with Gasteiger partial charge in [0.2, 0.25) is 10.0 Å². The summed E-state index contributed by atoms with van der Waals surface area (Å²) < 4.78 is 26.8. The predicted molar refractivity (Wildman–Crippen MR) is 104 cm³/mol. The normalized spacial score (nSPS) is 14.7. The monoisotopic (exact) mass is 450 g/mol. The molecule has 1 aromatic carbocycles. The highest BCUT2D eigenvalue weighted by Crippen LogP contribution is 2.22. The molecule has 0 spiro atoms. The number of rotatable bonds is 7. The van der Waals surface area contributed by atoms with E-state index in [1.54, 1.807) is 37.4 Å². The molecule has 0 amide bonds. The molecule has 1 fully saturated rings. The van der Waals surface area contributed by atoms with Crippen LogP contribution in [-0.4, -0.2) is 34.0 Å². The van der Waals surface area contributed by atoms with Crippen LogP contribution < -0.4 is 15.4 Å². The largest absolute Gasteiger partial charge is 0.353 e. The number of halogens is 1. The molecule has 0 radical (unpaired) electrons. The molecule has 1 saturated carbocycles. The fourth-order valence-electron chi connectivity index (χ4n) is 1.85.